The van der Waals surface area contributed by atoms with E-state index in [0.29, 0.717) is 11.7 Å². The average molecular weight is 250 g/mol. The SMILES string of the molecule is CC(C)N(CCNc1ccccc1F)CC1CC1. The molecule has 18 heavy (non-hydrogen) atoms. The Morgan fingerprint density at radius 3 is 2.67 bits per heavy atom. The highest BCUT2D eigenvalue weighted by Gasteiger charge is 2.25. The first-order valence-electron chi connectivity index (χ1n) is 6.89. The van der Waals surface area contributed by atoms with Gasteiger partial charge in [0.15, 0.2) is 0 Å². The zero-order chi connectivity index (χ0) is 13.0. The molecule has 1 aromatic carbocycles. The molecule has 0 aromatic heterocycles. The summed E-state index contributed by atoms with van der Waals surface area (Å²) in [5.41, 5.74) is 0.604. The lowest BCUT2D eigenvalue weighted by atomic mass is 10.2. The first-order chi connectivity index (χ1) is 8.66. The van der Waals surface area contributed by atoms with Crippen LogP contribution in [0.5, 0.6) is 0 Å². The Labute approximate surface area is 109 Å². The van der Waals surface area contributed by atoms with Crippen LogP contribution in [0, 0.1) is 11.7 Å². The maximum absolute atomic E-state index is 13.4. The summed E-state index contributed by atoms with van der Waals surface area (Å²) in [6.45, 7) is 7.42. The number of benzene rings is 1. The molecule has 1 aliphatic carbocycles. The Morgan fingerprint density at radius 2 is 2.06 bits per heavy atom. The molecule has 1 N–H and O–H groups in total. The Hall–Kier alpha value is -1.09. The first kappa shape index (κ1) is 13.3. The quantitative estimate of drug-likeness (QED) is 0.798. The molecular weight excluding hydrogens is 227 g/mol. The highest BCUT2D eigenvalue weighted by Crippen LogP contribution is 2.30. The van der Waals surface area contributed by atoms with Gasteiger partial charge in [0, 0.05) is 25.7 Å². The highest BCUT2D eigenvalue weighted by atomic mass is 19.1. The fraction of sp³-hybridized carbons (Fsp3) is 0.600. The van der Waals surface area contributed by atoms with E-state index < -0.39 is 0 Å². The molecule has 1 saturated carbocycles. The van der Waals surface area contributed by atoms with Gasteiger partial charge < -0.3 is 5.32 Å². The molecule has 0 spiro atoms. The Bertz CT molecular complexity index is 375. The van der Waals surface area contributed by atoms with Gasteiger partial charge in [0.05, 0.1) is 5.69 Å². The number of hydrogen-bond donors (Lipinski definition) is 1. The summed E-state index contributed by atoms with van der Waals surface area (Å²) >= 11 is 0. The molecule has 0 saturated heterocycles. The molecule has 3 heteroatoms. The van der Waals surface area contributed by atoms with E-state index in [1.54, 1.807) is 12.1 Å². The van der Waals surface area contributed by atoms with Crippen LogP contribution in [0.25, 0.3) is 0 Å². The number of para-hydroxylation sites is 1. The van der Waals surface area contributed by atoms with Crippen LogP contribution in [0.1, 0.15) is 26.7 Å². The van der Waals surface area contributed by atoms with E-state index in [-0.39, 0.29) is 5.82 Å². The minimum absolute atomic E-state index is 0.171. The zero-order valence-electron chi connectivity index (χ0n) is 11.3. The third kappa shape index (κ3) is 3.98. The third-order valence-electron chi connectivity index (χ3n) is 3.51. The fourth-order valence-corrected chi connectivity index (χ4v) is 2.13. The molecular formula is C15H23FN2. The van der Waals surface area contributed by atoms with Crippen molar-refractivity contribution in [2.75, 3.05) is 25.0 Å². The van der Waals surface area contributed by atoms with E-state index in [2.05, 4.69) is 24.1 Å². The number of rotatable bonds is 7. The molecule has 0 atom stereocenters. The first-order valence-corrected chi connectivity index (χ1v) is 6.89. The van der Waals surface area contributed by atoms with Crippen LogP contribution in [0.4, 0.5) is 10.1 Å². The van der Waals surface area contributed by atoms with Crippen LogP contribution >= 0.6 is 0 Å². The number of halogens is 1. The molecule has 1 aliphatic rings. The normalized spacial score (nSPS) is 15.4. The molecule has 2 nitrogen and oxygen atoms in total. The van der Waals surface area contributed by atoms with Crippen LogP contribution in [-0.2, 0) is 0 Å². The van der Waals surface area contributed by atoms with Gasteiger partial charge in [0.1, 0.15) is 5.82 Å². The standard InChI is InChI=1S/C15H23FN2/c1-12(2)18(11-13-7-8-13)10-9-17-15-6-4-3-5-14(15)16/h3-6,12-13,17H,7-11H2,1-2H3. The second kappa shape index (κ2) is 6.19. The lowest BCUT2D eigenvalue weighted by Gasteiger charge is -2.26. The number of nitrogens with one attached hydrogen (secondary N) is 1. The van der Waals surface area contributed by atoms with Crippen LogP contribution in [0.3, 0.4) is 0 Å². The van der Waals surface area contributed by atoms with Crippen molar-refractivity contribution in [3.63, 3.8) is 0 Å². The number of anilines is 1. The van der Waals surface area contributed by atoms with Crippen molar-refractivity contribution >= 4 is 5.69 Å². The van der Waals surface area contributed by atoms with Gasteiger partial charge in [-0.2, -0.15) is 0 Å². The molecule has 1 fully saturated rings. The molecule has 1 aromatic rings. The Kier molecular flexibility index (Phi) is 4.59. The molecule has 0 amide bonds. The summed E-state index contributed by atoms with van der Waals surface area (Å²) in [4.78, 5) is 2.48. The van der Waals surface area contributed by atoms with Crippen LogP contribution in [0.15, 0.2) is 24.3 Å². The van der Waals surface area contributed by atoms with Gasteiger partial charge in [0.25, 0.3) is 0 Å². The van der Waals surface area contributed by atoms with Gasteiger partial charge in [-0.05, 0) is 44.7 Å². The van der Waals surface area contributed by atoms with Crippen molar-refractivity contribution in [1.29, 1.82) is 0 Å². The van der Waals surface area contributed by atoms with Crippen LogP contribution < -0.4 is 5.32 Å². The van der Waals surface area contributed by atoms with Gasteiger partial charge in [0.2, 0.25) is 0 Å². The molecule has 100 valence electrons. The fourth-order valence-electron chi connectivity index (χ4n) is 2.13. The molecule has 0 bridgehead atoms. The lowest BCUT2D eigenvalue weighted by molar-refractivity contribution is 0.221. The maximum atomic E-state index is 13.4. The average Bonchev–Trinajstić information content (AvgIpc) is 3.14. The number of hydrogen-bond acceptors (Lipinski definition) is 2. The second-order valence-corrected chi connectivity index (χ2v) is 5.44. The van der Waals surface area contributed by atoms with E-state index in [4.69, 9.17) is 0 Å². The topological polar surface area (TPSA) is 15.3 Å². The van der Waals surface area contributed by atoms with Crippen molar-refractivity contribution in [2.24, 2.45) is 5.92 Å². The predicted molar refractivity (Wildman–Crippen MR) is 74.3 cm³/mol. The predicted octanol–water partition coefficient (Wildman–Crippen LogP) is 3.36. The lowest BCUT2D eigenvalue weighted by Crippen LogP contribution is -2.36. The van der Waals surface area contributed by atoms with Crippen molar-refractivity contribution in [1.82, 2.24) is 4.90 Å². The molecule has 0 radical (unpaired) electrons. The maximum Gasteiger partial charge on any atom is 0.146 e. The highest BCUT2D eigenvalue weighted by molar-refractivity contribution is 5.44. The van der Waals surface area contributed by atoms with Crippen LogP contribution in [0.2, 0.25) is 0 Å². The van der Waals surface area contributed by atoms with E-state index in [1.165, 1.54) is 25.5 Å². The van der Waals surface area contributed by atoms with Gasteiger partial charge in [-0.25, -0.2) is 4.39 Å². The molecule has 0 unspecified atom stereocenters. The number of nitrogens with zero attached hydrogens (tertiary/aromatic N) is 1. The summed E-state index contributed by atoms with van der Waals surface area (Å²) in [5.74, 6) is 0.733. The van der Waals surface area contributed by atoms with E-state index in [0.717, 1.165) is 19.0 Å². The van der Waals surface area contributed by atoms with E-state index in [1.807, 2.05) is 6.07 Å². The summed E-state index contributed by atoms with van der Waals surface area (Å²) in [5, 5.41) is 3.18. The second-order valence-electron chi connectivity index (χ2n) is 5.44. The summed E-state index contributed by atoms with van der Waals surface area (Å²) in [6.07, 6.45) is 2.76. The third-order valence-corrected chi connectivity index (χ3v) is 3.51. The van der Waals surface area contributed by atoms with Crippen molar-refractivity contribution in [3.8, 4) is 0 Å². The molecule has 0 heterocycles. The van der Waals surface area contributed by atoms with Gasteiger partial charge in [-0.3, -0.25) is 4.90 Å². The smallest absolute Gasteiger partial charge is 0.146 e. The van der Waals surface area contributed by atoms with Crippen LogP contribution in [-0.4, -0.2) is 30.6 Å². The van der Waals surface area contributed by atoms with Gasteiger partial charge in [-0.1, -0.05) is 12.1 Å². The Balaban J connectivity index is 1.77. The van der Waals surface area contributed by atoms with Crippen molar-refractivity contribution in [3.05, 3.63) is 30.1 Å². The van der Waals surface area contributed by atoms with Gasteiger partial charge in [-0.15, -0.1) is 0 Å². The largest absolute Gasteiger partial charge is 0.381 e. The minimum Gasteiger partial charge on any atom is -0.381 e. The van der Waals surface area contributed by atoms with E-state index in [9.17, 15) is 4.39 Å². The summed E-state index contributed by atoms with van der Waals surface area (Å²) < 4.78 is 13.4. The van der Waals surface area contributed by atoms with Gasteiger partial charge >= 0.3 is 0 Å². The zero-order valence-corrected chi connectivity index (χ0v) is 11.3. The van der Waals surface area contributed by atoms with E-state index >= 15 is 0 Å². The summed E-state index contributed by atoms with van der Waals surface area (Å²) in [6, 6.07) is 7.42. The summed E-state index contributed by atoms with van der Waals surface area (Å²) in [7, 11) is 0. The Morgan fingerprint density at radius 1 is 1.33 bits per heavy atom. The molecule has 2 rings (SSSR count). The molecule has 0 aliphatic heterocycles. The monoisotopic (exact) mass is 250 g/mol. The van der Waals surface area contributed by atoms with Crippen molar-refractivity contribution < 1.29 is 4.39 Å². The minimum atomic E-state index is -0.171. The van der Waals surface area contributed by atoms with Crippen molar-refractivity contribution in [2.45, 2.75) is 32.7 Å².